The summed E-state index contributed by atoms with van der Waals surface area (Å²) in [4.78, 5) is 15.1. The van der Waals surface area contributed by atoms with E-state index in [-0.39, 0.29) is 5.91 Å². The molecule has 0 aromatic carbocycles. The zero-order chi connectivity index (χ0) is 12.7. The minimum absolute atomic E-state index is 0.156. The highest BCUT2D eigenvalue weighted by Crippen LogP contribution is 2.08. The molecule has 17 heavy (non-hydrogen) atoms. The van der Waals surface area contributed by atoms with Crippen LogP contribution in [0.1, 0.15) is 26.7 Å². The van der Waals surface area contributed by atoms with Crippen molar-refractivity contribution in [2.24, 2.45) is 0 Å². The molecule has 0 saturated carbocycles. The molecule has 0 bridgehead atoms. The second-order valence-electron chi connectivity index (χ2n) is 4.40. The molecule has 1 amide bonds. The largest absolute Gasteiger partial charge is 0.389 e. The van der Waals surface area contributed by atoms with Crippen molar-refractivity contribution in [3.05, 3.63) is 0 Å². The highest BCUT2D eigenvalue weighted by molar-refractivity contribution is 5.77. The minimum Gasteiger partial charge on any atom is -0.389 e. The fourth-order valence-electron chi connectivity index (χ4n) is 1.97. The van der Waals surface area contributed by atoms with Crippen molar-refractivity contribution in [3.63, 3.8) is 0 Å². The van der Waals surface area contributed by atoms with Crippen LogP contribution in [0.15, 0.2) is 0 Å². The number of hydrogen-bond acceptors (Lipinski definition) is 4. The molecule has 1 saturated heterocycles. The van der Waals surface area contributed by atoms with Gasteiger partial charge in [-0.3, -0.25) is 4.79 Å². The number of likely N-dealkylation sites (N-methyl/N-ethyl adjacent to an activating group) is 1. The molecule has 0 spiro atoms. The molecular formula is C12H24N2O3. The number of carbonyl (C=O) groups is 1. The maximum atomic E-state index is 11.3. The second kappa shape index (κ2) is 7.63. The Kier molecular flexibility index (Phi) is 6.47. The van der Waals surface area contributed by atoms with Crippen LogP contribution in [0.4, 0.5) is 0 Å². The van der Waals surface area contributed by atoms with Crippen LogP contribution in [0.3, 0.4) is 0 Å². The number of aliphatic hydroxyl groups excluding tert-OH is 1. The average molecular weight is 244 g/mol. The predicted molar refractivity (Wildman–Crippen MR) is 65.6 cm³/mol. The quantitative estimate of drug-likeness (QED) is 0.666. The lowest BCUT2D eigenvalue weighted by atomic mass is 10.3. The summed E-state index contributed by atoms with van der Waals surface area (Å²) in [5.74, 6) is 0.156. The van der Waals surface area contributed by atoms with Gasteiger partial charge >= 0.3 is 0 Å². The van der Waals surface area contributed by atoms with E-state index in [4.69, 9.17) is 4.74 Å². The zero-order valence-corrected chi connectivity index (χ0v) is 10.9. The van der Waals surface area contributed by atoms with E-state index in [0.717, 1.165) is 26.1 Å². The minimum atomic E-state index is -0.479. The Bertz CT molecular complexity index is 232. The van der Waals surface area contributed by atoms with E-state index in [0.29, 0.717) is 26.3 Å². The summed E-state index contributed by atoms with van der Waals surface area (Å²) in [6.07, 6.45) is 1.07. The van der Waals surface area contributed by atoms with E-state index in [2.05, 4.69) is 18.7 Å². The van der Waals surface area contributed by atoms with E-state index in [1.807, 2.05) is 0 Å². The molecule has 1 aliphatic heterocycles. The standard InChI is InChI=1S/C12H24N2O3/c1-3-13(4-2)8-11(15)9-17-10-14-7-5-6-12(14)16/h11,15H,3-10H2,1-2H3. The third-order valence-electron chi connectivity index (χ3n) is 3.09. The first-order valence-corrected chi connectivity index (χ1v) is 6.43. The molecule has 1 N–H and O–H groups in total. The smallest absolute Gasteiger partial charge is 0.224 e. The first-order chi connectivity index (χ1) is 8.17. The molecular weight excluding hydrogens is 220 g/mol. The summed E-state index contributed by atoms with van der Waals surface area (Å²) in [6.45, 7) is 8.01. The van der Waals surface area contributed by atoms with Crippen molar-refractivity contribution in [1.29, 1.82) is 0 Å². The van der Waals surface area contributed by atoms with E-state index in [1.165, 1.54) is 0 Å². The third kappa shape index (κ3) is 5.02. The highest BCUT2D eigenvalue weighted by Gasteiger charge is 2.20. The van der Waals surface area contributed by atoms with Crippen molar-refractivity contribution in [2.45, 2.75) is 32.8 Å². The van der Waals surface area contributed by atoms with Crippen LogP contribution < -0.4 is 0 Å². The first-order valence-electron chi connectivity index (χ1n) is 6.43. The molecule has 5 nitrogen and oxygen atoms in total. The van der Waals surface area contributed by atoms with Gasteiger partial charge in [0.05, 0.1) is 12.7 Å². The van der Waals surface area contributed by atoms with E-state index >= 15 is 0 Å². The van der Waals surface area contributed by atoms with Gasteiger partial charge < -0.3 is 19.6 Å². The molecule has 5 heteroatoms. The van der Waals surface area contributed by atoms with Gasteiger partial charge in [-0.2, -0.15) is 0 Å². The Labute approximate surface area is 103 Å². The van der Waals surface area contributed by atoms with Crippen molar-refractivity contribution < 1.29 is 14.6 Å². The van der Waals surface area contributed by atoms with Crippen molar-refractivity contribution in [1.82, 2.24) is 9.80 Å². The molecule has 1 fully saturated rings. The molecule has 1 rings (SSSR count). The van der Waals surface area contributed by atoms with Crippen LogP contribution in [-0.2, 0) is 9.53 Å². The monoisotopic (exact) mass is 244 g/mol. The second-order valence-corrected chi connectivity index (χ2v) is 4.40. The predicted octanol–water partition coefficient (Wildman–Crippen LogP) is 0.286. The molecule has 1 aliphatic rings. The van der Waals surface area contributed by atoms with E-state index in [1.54, 1.807) is 4.90 Å². The summed E-state index contributed by atoms with van der Waals surface area (Å²) < 4.78 is 5.37. The summed E-state index contributed by atoms with van der Waals surface area (Å²) in [5, 5.41) is 9.75. The van der Waals surface area contributed by atoms with Crippen LogP contribution in [0.2, 0.25) is 0 Å². The molecule has 0 aliphatic carbocycles. The normalized spacial score (nSPS) is 18.1. The lowest BCUT2D eigenvalue weighted by Crippen LogP contribution is -2.36. The topological polar surface area (TPSA) is 53.0 Å². The van der Waals surface area contributed by atoms with Gasteiger partial charge in [-0.1, -0.05) is 13.8 Å². The average Bonchev–Trinajstić information content (AvgIpc) is 2.72. The Morgan fingerprint density at radius 3 is 2.71 bits per heavy atom. The fraction of sp³-hybridized carbons (Fsp3) is 0.917. The van der Waals surface area contributed by atoms with Crippen molar-refractivity contribution >= 4 is 5.91 Å². The summed E-state index contributed by atoms with van der Waals surface area (Å²) in [5.41, 5.74) is 0. The Morgan fingerprint density at radius 2 is 2.18 bits per heavy atom. The van der Waals surface area contributed by atoms with Crippen molar-refractivity contribution in [3.8, 4) is 0 Å². The number of hydrogen-bond donors (Lipinski definition) is 1. The van der Waals surface area contributed by atoms with Gasteiger partial charge in [0, 0.05) is 19.5 Å². The van der Waals surface area contributed by atoms with Crippen LogP contribution in [-0.4, -0.2) is 66.4 Å². The summed E-state index contributed by atoms with van der Waals surface area (Å²) in [6, 6.07) is 0. The molecule has 100 valence electrons. The van der Waals surface area contributed by atoms with Crippen LogP contribution in [0.5, 0.6) is 0 Å². The van der Waals surface area contributed by atoms with Gasteiger partial charge in [-0.15, -0.1) is 0 Å². The lowest BCUT2D eigenvalue weighted by molar-refractivity contribution is -0.133. The van der Waals surface area contributed by atoms with Crippen LogP contribution in [0.25, 0.3) is 0 Å². The number of ether oxygens (including phenoxy) is 1. The molecule has 1 atom stereocenters. The maximum absolute atomic E-state index is 11.3. The molecule has 0 aromatic rings. The Morgan fingerprint density at radius 1 is 1.47 bits per heavy atom. The van der Waals surface area contributed by atoms with Crippen LogP contribution in [0, 0.1) is 0 Å². The number of nitrogens with zero attached hydrogens (tertiary/aromatic N) is 2. The van der Waals surface area contributed by atoms with Gasteiger partial charge in [-0.05, 0) is 19.5 Å². The molecule has 1 unspecified atom stereocenters. The lowest BCUT2D eigenvalue weighted by Gasteiger charge is -2.22. The van der Waals surface area contributed by atoms with E-state index < -0.39 is 6.10 Å². The number of likely N-dealkylation sites (tertiary alicyclic amines) is 1. The third-order valence-corrected chi connectivity index (χ3v) is 3.09. The Hall–Kier alpha value is -0.650. The molecule has 0 aromatic heterocycles. The van der Waals surface area contributed by atoms with Crippen molar-refractivity contribution in [2.75, 3.05) is 39.5 Å². The molecule has 1 heterocycles. The summed E-state index contributed by atoms with van der Waals surface area (Å²) >= 11 is 0. The SMILES string of the molecule is CCN(CC)CC(O)COCN1CCCC1=O. The van der Waals surface area contributed by atoms with Gasteiger partial charge in [0.1, 0.15) is 6.73 Å². The number of carbonyl (C=O) groups excluding carboxylic acids is 1. The van der Waals surface area contributed by atoms with E-state index in [9.17, 15) is 9.90 Å². The van der Waals surface area contributed by atoms with Gasteiger partial charge in [0.15, 0.2) is 0 Å². The van der Waals surface area contributed by atoms with Gasteiger partial charge in [0.25, 0.3) is 0 Å². The van der Waals surface area contributed by atoms with Gasteiger partial charge in [0.2, 0.25) is 5.91 Å². The Balaban J connectivity index is 2.11. The van der Waals surface area contributed by atoms with Gasteiger partial charge in [-0.25, -0.2) is 0 Å². The maximum Gasteiger partial charge on any atom is 0.224 e. The number of aliphatic hydroxyl groups is 1. The van der Waals surface area contributed by atoms with Crippen LogP contribution >= 0.6 is 0 Å². The first kappa shape index (κ1) is 14.4. The highest BCUT2D eigenvalue weighted by atomic mass is 16.5. The molecule has 0 radical (unpaired) electrons. The zero-order valence-electron chi connectivity index (χ0n) is 10.9. The number of rotatable bonds is 8. The summed E-state index contributed by atoms with van der Waals surface area (Å²) in [7, 11) is 0. The fourth-order valence-corrected chi connectivity index (χ4v) is 1.97. The number of amides is 1.